The Kier molecular flexibility index (Phi) is 9.41. The molecule has 1 amide bonds. The number of hydrogen-bond donors (Lipinski definition) is 1. The lowest BCUT2D eigenvalue weighted by atomic mass is 9.71. The quantitative estimate of drug-likeness (QED) is 0.665. The minimum absolute atomic E-state index is 0.0219. The number of pyridine rings is 1. The highest BCUT2D eigenvalue weighted by atomic mass is 19.4. The number of carboxylic acids is 1. The first-order valence-corrected chi connectivity index (χ1v) is 10.3. The minimum atomic E-state index is -5.08. The second-order valence-electron chi connectivity index (χ2n) is 8.02. The van der Waals surface area contributed by atoms with Crippen LogP contribution < -0.4 is 0 Å². The van der Waals surface area contributed by atoms with Gasteiger partial charge in [0.25, 0.3) is 0 Å². The van der Waals surface area contributed by atoms with Crippen LogP contribution in [0, 0.1) is 11.3 Å². The van der Waals surface area contributed by atoms with Crippen molar-refractivity contribution < 1.29 is 37.3 Å². The number of rotatable bonds is 7. The van der Waals surface area contributed by atoms with Gasteiger partial charge in [0, 0.05) is 45.5 Å². The van der Waals surface area contributed by atoms with Gasteiger partial charge in [0.2, 0.25) is 5.91 Å². The molecule has 1 unspecified atom stereocenters. The summed E-state index contributed by atoms with van der Waals surface area (Å²) in [5, 5.41) is 7.12. The Morgan fingerprint density at radius 3 is 2.41 bits per heavy atom. The van der Waals surface area contributed by atoms with Crippen molar-refractivity contribution in [2.75, 3.05) is 53.6 Å². The molecule has 3 rings (SSSR count). The zero-order chi connectivity index (χ0) is 23.8. The number of nitrogens with zero attached hydrogens (tertiary/aromatic N) is 3. The number of piperidine rings is 1. The molecule has 2 aliphatic heterocycles. The zero-order valence-electron chi connectivity index (χ0n) is 18.3. The van der Waals surface area contributed by atoms with Crippen molar-refractivity contribution >= 4 is 11.9 Å². The second kappa shape index (κ2) is 11.6. The molecule has 1 N–H and O–H groups in total. The Morgan fingerprint density at radius 1 is 1.25 bits per heavy atom. The monoisotopic (exact) mass is 461 g/mol. The normalized spacial score (nSPS) is 20.8. The Balaban J connectivity index is 0.000000451. The fraction of sp³-hybridized carbons (Fsp3) is 0.667. The minimum Gasteiger partial charge on any atom is -0.475 e. The van der Waals surface area contributed by atoms with Gasteiger partial charge in [0.1, 0.15) is 0 Å². The molecule has 2 saturated heterocycles. The van der Waals surface area contributed by atoms with Gasteiger partial charge in [-0.05, 0) is 38.1 Å². The van der Waals surface area contributed by atoms with Crippen LogP contribution in [0.5, 0.6) is 0 Å². The van der Waals surface area contributed by atoms with Crippen LogP contribution in [0.4, 0.5) is 13.2 Å². The van der Waals surface area contributed by atoms with Crippen LogP contribution in [0.1, 0.15) is 18.5 Å². The van der Waals surface area contributed by atoms with Gasteiger partial charge in [-0.3, -0.25) is 14.7 Å². The third-order valence-electron chi connectivity index (χ3n) is 5.96. The molecule has 32 heavy (non-hydrogen) atoms. The molecule has 0 radical (unpaired) electrons. The average molecular weight is 461 g/mol. The van der Waals surface area contributed by atoms with E-state index in [0.717, 1.165) is 44.7 Å². The van der Waals surface area contributed by atoms with E-state index in [4.69, 9.17) is 19.4 Å². The van der Waals surface area contributed by atoms with Crippen LogP contribution in [-0.4, -0.2) is 91.6 Å². The number of aromatic nitrogens is 1. The van der Waals surface area contributed by atoms with E-state index in [9.17, 15) is 18.0 Å². The number of carboxylic acid groups (broad SMARTS) is 1. The zero-order valence-corrected chi connectivity index (χ0v) is 18.3. The highest BCUT2D eigenvalue weighted by Gasteiger charge is 2.52. The van der Waals surface area contributed by atoms with Gasteiger partial charge >= 0.3 is 12.1 Å². The molecule has 1 aromatic rings. The van der Waals surface area contributed by atoms with Gasteiger partial charge in [0.05, 0.1) is 24.8 Å². The summed E-state index contributed by atoms with van der Waals surface area (Å²) < 4.78 is 42.3. The highest BCUT2D eigenvalue weighted by Crippen LogP contribution is 2.45. The largest absolute Gasteiger partial charge is 0.490 e. The molecule has 11 heteroatoms. The van der Waals surface area contributed by atoms with E-state index in [-0.39, 0.29) is 17.2 Å². The van der Waals surface area contributed by atoms with Gasteiger partial charge < -0.3 is 19.5 Å². The third kappa shape index (κ3) is 6.88. The molecule has 0 bridgehead atoms. The first kappa shape index (κ1) is 26.0. The average Bonchev–Trinajstić information content (AvgIpc) is 3.00. The molecule has 8 nitrogen and oxygen atoms in total. The Labute approximate surface area is 185 Å². The summed E-state index contributed by atoms with van der Waals surface area (Å²) in [6, 6.07) is 6.05. The van der Waals surface area contributed by atoms with Gasteiger partial charge in [-0.25, -0.2) is 4.79 Å². The van der Waals surface area contributed by atoms with Crippen LogP contribution in [0.25, 0.3) is 0 Å². The molecule has 1 aromatic heterocycles. The number of hydrogen-bond acceptors (Lipinski definition) is 6. The maximum atomic E-state index is 12.8. The summed E-state index contributed by atoms with van der Waals surface area (Å²) in [6.07, 6.45) is -1.18. The molecular formula is C21H30F3N3O5. The third-order valence-corrected chi connectivity index (χ3v) is 5.96. The molecule has 1 atom stereocenters. The van der Waals surface area contributed by atoms with Crippen molar-refractivity contribution in [2.45, 2.75) is 25.6 Å². The predicted molar refractivity (Wildman–Crippen MR) is 109 cm³/mol. The van der Waals surface area contributed by atoms with Crippen molar-refractivity contribution in [2.24, 2.45) is 11.3 Å². The van der Waals surface area contributed by atoms with E-state index in [2.05, 4.69) is 16.0 Å². The van der Waals surface area contributed by atoms with Crippen LogP contribution in [0.3, 0.4) is 0 Å². The maximum Gasteiger partial charge on any atom is 0.490 e. The van der Waals surface area contributed by atoms with Crippen molar-refractivity contribution in [3.63, 3.8) is 0 Å². The molecule has 2 aliphatic rings. The van der Waals surface area contributed by atoms with Crippen molar-refractivity contribution in [3.05, 3.63) is 30.1 Å². The molecule has 3 heterocycles. The summed E-state index contributed by atoms with van der Waals surface area (Å²) >= 11 is 0. The number of alkyl halides is 3. The van der Waals surface area contributed by atoms with E-state index in [1.54, 1.807) is 14.2 Å². The van der Waals surface area contributed by atoms with Gasteiger partial charge in [-0.15, -0.1) is 0 Å². The fourth-order valence-corrected chi connectivity index (χ4v) is 4.24. The molecule has 180 valence electrons. The topological polar surface area (TPSA) is 92.2 Å². The molecular weight excluding hydrogens is 431 g/mol. The molecule has 0 aromatic carbocycles. The van der Waals surface area contributed by atoms with E-state index < -0.39 is 12.1 Å². The second-order valence-corrected chi connectivity index (χ2v) is 8.02. The number of ether oxygens (including phenoxy) is 2. The van der Waals surface area contributed by atoms with E-state index >= 15 is 0 Å². The summed E-state index contributed by atoms with van der Waals surface area (Å²) in [5.41, 5.74) is 1.15. The fourth-order valence-electron chi connectivity index (χ4n) is 4.24. The van der Waals surface area contributed by atoms with Crippen molar-refractivity contribution in [1.82, 2.24) is 14.8 Å². The number of amides is 1. The number of carbonyl (C=O) groups is 2. The Morgan fingerprint density at radius 2 is 1.91 bits per heavy atom. The van der Waals surface area contributed by atoms with E-state index in [0.29, 0.717) is 19.8 Å². The first-order chi connectivity index (χ1) is 15.1. The molecule has 0 saturated carbocycles. The van der Waals surface area contributed by atoms with Crippen LogP contribution in [-0.2, 0) is 25.6 Å². The summed E-state index contributed by atoms with van der Waals surface area (Å²) in [6.45, 7) is 5.50. The number of carbonyl (C=O) groups excluding carboxylic acids is 1. The van der Waals surface area contributed by atoms with Gasteiger partial charge in [-0.2, -0.15) is 13.2 Å². The number of methoxy groups -OCH3 is 2. The lowest BCUT2D eigenvalue weighted by molar-refractivity contribution is -0.192. The van der Waals surface area contributed by atoms with Crippen LogP contribution in [0.2, 0.25) is 0 Å². The van der Waals surface area contributed by atoms with E-state index in [1.165, 1.54) is 0 Å². The Bertz CT molecular complexity index is 740. The van der Waals surface area contributed by atoms with Crippen molar-refractivity contribution in [1.29, 1.82) is 0 Å². The molecule has 1 spiro atoms. The summed E-state index contributed by atoms with van der Waals surface area (Å²) in [4.78, 5) is 30.6. The van der Waals surface area contributed by atoms with Gasteiger partial charge in [-0.1, -0.05) is 6.07 Å². The standard InChI is InChI=1S/C19H29N3O3.C2HF3O2/c1-24-12-11-22-15-19(17(14-25-2)18(22)23)6-9-21(10-7-19)13-16-5-3-4-8-20-16;3-2(4,5)1(6)7/h3-5,8,17H,6-7,9-15H2,1-2H3;(H,6,7). The number of aliphatic carboxylic acids is 1. The number of likely N-dealkylation sites (tertiary alicyclic amines) is 2. The van der Waals surface area contributed by atoms with Gasteiger partial charge in [0.15, 0.2) is 0 Å². The lowest BCUT2D eigenvalue weighted by Crippen LogP contribution is -2.45. The van der Waals surface area contributed by atoms with Crippen LogP contribution >= 0.6 is 0 Å². The maximum absolute atomic E-state index is 12.8. The summed E-state index contributed by atoms with van der Waals surface area (Å²) in [5.74, 6) is -2.55. The smallest absolute Gasteiger partial charge is 0.475 e. The molecule has 2 fully saturated rings. The van der Waals surface area contributed by atoms with E-state index in [1.807, 2.05) is 23.2 Å². The Hall–Kier alpha value is -2.24. The number of halogens is 3. The lowest BCUT2D eigenvalue weighted by Gasteiger charge is -2.41. The predicted octanol–water partition coefficient (Wildman–Crippen LogP) is 2.05. The van der Waals surface area contributed by atoms with Crippen LogP contribution in [0.15, 0.2) is 24.4 Å². The highest BCUT2D eigenvalue weighted by molar-refractivity contribution is 5.82. The summed E-state index contributed by atoms with van der Waals surface area (Å²) in [7, 11) is 3.37. The molecule has 0 aliphatic carbocycles. The first-order valence-electron chi connectivity index (χ1n) is 10.3. The SMILES string of the molecule is COCCN1CC2(CCN(Cc3ccccn3)CC2)C(COC)C1=O.O=C(O)C(F)(F)F. The van der Waals surface area contributed by atoms with Crippen molar-refractivity contribution in [3.8, 4) is 0 Å².